The van der Waals surface area contributed by atoms with Gasteiger partial charge in [-0.2, -0.15) is 0 Å². The van der Waals surface area contributed by atoms with Gasteiger partial charge in [-0.15, -0.1) is 11.3 Å². The van der Waals surface area contributed by atoms with Crippen molar-refractivity contribution in [1.82, 2.24) is 5.32 Å². The van der Waals surface area contributed by atoms with E-state index >= 15 is 0 Å². The van der Waals surface area contributed by atoms with E-state index in [1.807, 2.05) is 0 Å². The van der Waals surface area contributed by atoms with Gasteiger partial charge in [0, 0.05) is 0 Å². The van der Waals surface area contributed by atoms with Crippen LogP contribution in [0.4, 0.5) is 5.00 Å². The molecule has 8 heteroatoms. The van der Waals surface area contributed by atoms with Crippen LogP contribution in [-0.2, 0) is 14.3 Å². The van der Waals surface area contributed by atoms with Crippen LogP contribution >= 0.6 is 11.3 Å². The molecule has 0 aromatic carbocycles. The van der Waals surface area contributed by atoms with Crippen molar-refractivity contribution in [3.05, 3.63) is 16.0 Å². The molecule has 0 aliphatic heterocycles. The van der Waals surface area contributed by atoms with E-state index in [4.69, 9.17) is 0 Å². The highest BCUT2D eigenvalue weighted by Crippen LogP contribution is 2.34. The van der Waals surface area contributed by atoms with Crippen molar-refractivity contribution in [1.29, 1.82) is 0 Å². The molecule has 0 radical (unpaired) electrons. The fraction of sp³-hybridized carbons (Fsp3) is 0.417. The number of esters is 2. The van der Waals surface area contributed by atoms with E-state index in [9.17, 15) is 14.4 Å². The van der Waals surface area contributed by atoms with Crippen LogP contribution in [0.25, 0.3) is 0 Å². The Morgan fingerprint density at radius 3 is 2.25 bits per heavy atom. The molecule has 0 spiro atoms. The predicted molar refractivity (Wildman–Crippen MR) is 74.3 cm³/mol. The van der Waals surface area contributed by atoms with E-state index < -0.39 is 11.9 Å². The van der Waals surface area contributed by atoms with Crippen LogP contribution in [0, 0.1) is 6.92 Å². The van der Waals surface area contributed by atoms with Crippen molar-refractivity contribution in [2.45, 2.75) is 6.92 Å². The smallest absolute Gasteiger partial charge is 0.348 e. The number of nitrogens with one attached hydrogen (secondary N) is 2. The Labute approximate surface area is 120 Å². The number of hydrogen-bond acceptors (Lipinski definition) is 7. The van der Waals surface area contributed by atoms with Crippen LogP contribution in [0.5, 0.6) is 0 Å². The lowest BCUT2D eigenvalue weighted by molar-refractivity contribution is -0.115. The minimum absolute atomic E-state index is 0.0884. The van der Waals surface area contributed by atoms with Gasteiger partial charge in [0.1, 0.15) is 9.88 Å². The number of methoxy groups -OCH3 is 2. The summed E-state index contributed by atoms with van der Waals surface area (Å²) in [6.45, 7) is 1.69. The lowest BCUT2D eigenvalue weighted by atomic mass is 10.1. The van der Waals surface area contributed by atoms with E-state index in [-0.39, 0.29) is 27.9 Å². The quantitative estimate of drug-likeness (QED) is 0.781. The number of ether oxygens (including phenoxy) is 2. The molecule has 0 atom stereocenters. The van der Waals surface area contributed by atoms with Crippen LogP contribution in [0.1, 0.15) is 25.6 Å². The van der Waals surface area contributed by atoms with E-state index in [2.05, 4.69) is 20.1 Å². The molecule has 20 heavy (non-hydrogen) atoms. The summed E-state index contributed by atoms with van der Waals surface area (Å²) in [4.78, 5) is 35.3. The van der Waals surface area contributed by atoms with Crippen molar-refractivity contribution < 1.29 is 23.9 Å². The second-order valence-electron chi connectivity index (χ2n) is 3.82. The van der Waals surface area contributed by atoms with E-state index in [1.165, 1.54) is 14.2 Å². The van der Waals surface area contributed by atoms with Crippen molar-refractivity contribution in [2.75, 3.05) is 33.1 Å². The Kier molecular flexibility index (Phi) is 5.66. The van der Waals surface area contributed by atoms with Gasteiger partial charge in [-0.1, -0.05) is 0 Å². The van der Waals surface area contributed by atoms with Gasteiger partial charge in [-0.3, -0.25) is 4.79 Å². The van der Waals surface area contributed by atoms with Crippen molar-refractivity contribution in [3.63, 3.8) is 0 Å². The van der Waals surface area contributed by atoms with Gasteiger partial charge in [-0.25, -0.2) is 9.59 Å². The number of amides is 1. The van der Waals surface area contributed by atoms with Gasteiger partial charge < -0.3 is 20.1 Å². The molecule has 0 saturated carbocycles. The first kappa shape index (κ1) is 16.1. The number of rotatable bonds is 5. The Morgan fingerprint density at radius 1 is 1.15 bits per heavy atom. The zero-order valence-electron chi connectivity index (χ0n) is 11.7. The SMILES string of the molecule is CNCC(=O)Nc1sc(C(=O)OC)c(C)c1C(=O)OC. The van der Waals surface area contributed by atoms with Crippen LogP contribution in [-0.4, -0.2) is 45.7 Å². The summed E-state index contributed by atoms with van der Waals surface area (Å²) < 4.78 is 9.32. The number of carbonyl (C=O) groups excluding carboxylic acids is 3. The molecule has 1 aromatic heterocycles. The third kappa shape index (κ3) is 3.34. The Balaban J connectivity index is 3.23. The Morgan fingerprint density at radius 2 is 1.75 bits per heavy atom. The third-order valence-electron chi connectivity index (χ3n) is 2.50. The lowest BCUT2D eigenvalue weighted by Crippen LogP contribution is -2.25. The van der Waals surface area contributed by atoms with Gasteiger partial charge in [-0.05, 0) is 19.5 Å². The Bertz CT molecular complexity index is 538. The highest BCUT2D eigenvalue weighted by molar-refractivity contribution is 7.18. The summed E-state index contributed by atoms with van der Waals surface area (Å²) in [5, 5.41) is 5.54. The number of carbonyl (C=O) groups is 3. The molecule has 0 saturated heterocycles. The largest absolute Gasteiger partial charge is 0.465 e. The molecular formula is C12H16N2O5S. The van der Waals surface area contributed by atoms with Crippen LogP contribution in [0.15, 0.2) is 0 Å². The van der Waals surface area contributed by atoms with Crippen molar-refractivity contribution >= 4 is 34.2 Å². The molecule has 0 unspecified atom stereocenters. The summed E-state index contributed by atoms with van der Waals surface area (Å²) in [7, 11) is 4.11. The summed E-state index contributed by atoms with van der Waals surface area (Å²) in [5.74, 6) is -1.50. The molecule has 0 aliphatic rings. The normalized spacial score (nSPS) is 10.0. The van der Waals surface area contributed by atoms with Gasteiger partial charge >= 0.3 is 11.9 Å². The van der Waals surface area contributed by atoms with E-state index in [1.54, 1.807) is 14.0 Å². The number of hydrogen-bond donors (Lipinski definition) is 2. The molecule has 2 N–H and O–H groups in total. The highest BCUT2D eigenvalue weighted by atomic mass is 32.1. The van der Waals surface area contributed by atoms with Gasteiger partial charge in [0.05, 0.1) is 26.3 Å². The molecule has 1 amide bonds. The minimum atomic E-state index is -0.617. The van der Waals surface area contributed by atoms with E-state index in [0.717, 1.165) is 11.3 Å². The molecule has 110 valence electrons. The van der Waals surface area contributed by atoms with Gasteiger partial charge in [0.15, 0.2) is 0 Å². The monoisotopic (exact) mass is 300 g/mol. The molecule has 0 bridgehead atoms. The first-order valence-electron chi connectivity index (χ1n) is 5.70. The topological polar surface area (TPSA) is 93.7 Å². The maximum Gasteiger partial charge on any atom is 0.348 e. The average molecular weight is 300 g/mol. The number of likely N-dealkylation sites (N-methyl/N-ethyl adjacent to an activating group) is 1. The Hall–Kier alpha value is -1.93. The summed E-state index contributed by atoms with van der Waals surface area (Å²) >= 11 is 0.982. The summed E-state index contributed by atoms with van der Waals surface area (Å²) in [6, 6.07) is 0. The fourth-order valence-electron chi connectivity index (χ4n) is 1.57. The average Bonchev–Trinajstić information content (AvgIpc) is 2.74. The van der Waals surface area contributed by atoms with E-state index in [0.29, 0.717) is 5.56 Å². The zero-order valence-corrected chi connectivity index (χ0v) is 12.5. The first-order valence-corrected chi connectivity index (χ1v) is 6.52. The molecule has 1 rings (SSSR count). The predicted octanol–water partition coefficient (Wildman–Crippen LogP) is 0.788. The maximum absolute atomic E-state index is 11.8. The molecular weight excluding hydrogens is 284 g/mol. The standard InChI is InChI=1S/C12H16N2O5S/c1-6-8(11(16)18-3)10(14-7(15)5-13-2)20-9(6)12(17)19-4/h13H,5H2,1-4H3,(H,14,15). The zero-order chi connectivity index (χ0) is 15.3. The summed E-state index contributed by atoms with van der Waals surface area (Å²) in [6.07, 6.45) is 0. The molecule has 1 heterocycles. The summed E-state index contributed by atoms with van der Waals surface area (Å²) in [5.41, 5.74) is 0.593. The van der Waals surface area contributed by atoms with Gasteiger partial charge in [0.25, 0.3) is 0 Å². The first-order chi connectivity index (χ1) is 9.46. The van der Waals surface area contributed by atoms with Crippen molar-refractivity contribution in [2.24, 2.45) is 0 Å². The van der Waals surface area contributed by atoms with Gasteiger partial charge in [0.2, 0.25) is 5.91 Å². The minimum Gasteiger partial charge on any atom is -0.465 e. The second kappa shape index (κ2) is 7.01. The maximum atomic E-state index is 11.8. The number of anilines is 1. The molecule has 0 aliphatic carbocycles. The van der Waals surface area contributed by atoms with Crippen LogP contribution in [0.2, 0.25) is 0 Å². The van der Waals surface area contributed by atoms with Crippen LogP contribution in [0.3, 0.4) is 0 Å². The van der Waals surface area contributed by atoms with Crippen LogP contribution < -0.4 is 10.6 Å². The fourth-order valence-corrected chi connectivity index (χ4v) is 2.70. The van der Waals surface area contributed by atoms with Crippen molar-refractivity contribution in [3.8, 4) is 0 Å². The molecule has 1 aromatic rings. The third-order valence-corrected chi connectivity index (χ3v) is 3.68. The number of thiophene rings is 1. The molecule has 0 fully saturated rings. The second-order valence-corrected chi connectivity index (χ2v) is 4.84. The molecule has 7 nitrogen and oxygen atoms in total. The lowest BCUT2D eigenvalue weighted by Gasteiger charge is -2.05. The highest BCUT2D eigenvalue weighted by Gasteiger charge is 2.26.